The number of rotatable bonds is 2. The van der Waals surface area contributed by atoms with Gasteiger partial charge in [-0.2, -0.15) is 0 Å². The quantitative estimate of drug-likeness (QED) is 0.450. The van der Waals surface area contributed by atoms with Gasteiger partial charge in [-0.05, 0) is 29.7 Å². The van der Waals surface area contributed by atoms with Gasteiger partial charge in [-0.15, -0.1) is 0 Å². The minimum atomic E-state index is 1.02. The fourth-order valence-corrected chi connectivity index (χ4v) is 3.02. The van der Waals surface area contributed by atoms with Gasteiger partial charge in [0.05, 0.1) is 11.2 Å². The summed E-state index contributed by atoms with van der Waals surface area (Å²) in [5.41, 5.74) is 6.91. The molecule has 0 bridgehead atoms. The lowest BCUT2D eigenvalue weighted by molar-refractivity contribution is 1.36. The number of aromatic nitrogens is 1. The van der Waals surface area contributed by atoms with Crippen LogP contribution in [0.5, 0.6) is 0 Å². The van der Waals surface area contributed by atoms with E-state index in [1.165, 1.54) is 27.6 Å². The summed E-state index contributed by atoms with van der Waals surface area (Å²) in [5, 5.41) is 1.19. The van der Waals surface area contributed by atoms with Gasteiger partial charge in [0.1, 0.15) is 0 Å². The number of pyridine rings is 1. The van der Waals surface area contributed by atoms with E-state index in [0.717, 1.165) is 11.2 Å². The van der Waals surface area contributed by atoms with Crippen LogP contribution in [0.1, 0.15) is 5.56 Å². The first-order valence-electron chi connectivity index (χ1n) is 7.84. The van der Waals surface area contributed by atoms with Crippen molar-refractivity contribution in [3.63, 3.8) is 0 Å². The molecule has 1 nitrogen and oxygen atoms in total. The van der Waals surface area contributed by atoms with Crippen LogP contribution in [0.25, 0.3) is 33.3 Å². The van der Waals surface area contributed by atoms with E-state index in [1.54, 1.807) is 0 Å². The molecule has 0 saturated carbocycles. The van der Waals surface area contributed by atoms with E-state index in [-0.39, 0.29) is 0 Å². The molecule has 0 unspecified atom stereocenters. The number of hydrogen-bond acceptors (Lipinski definition) is 1. The monoisotopic (exact) mass is 295 g/mol. The van der Waals surface area contributed by atoms with E-state index >= 15 is 0 Å². The van der Waals surface area contributed by atoms with Gasteiger partial charge in [0.25, 0.3) is 0 Å². The Kier molecular flexibility index (Phi) is 3.39. The Morgan fingerprint density at radius 3 is 2.17 bits per heavy atom. The number of benzene rings is 3. The first-order chi connectivity index (χ1) is 11.3. The highest BCUT2D eigenvalue weighted by Gasteiger charge is 2.09. The van der Waals surface area contributed by atoms with E-state index in [1.807, 2.05) is 6.07 Å². The Bertz CT molecular complexity index is 971. The van der Waals surface area contributed by atoms with Crippen LogP contribution in [0.2, 0.25) is 0 Å². The normalized spacial score (nSPS) is 10.8. The summed E-state index contributed by atoms with van der Waals surface area (Å²) in [7, 11) is 0. The summed E-state index contributed by atoms with van der Waals surface area (Å²) in [6.07, 6.45) is 0. The Labute approximate surface area is 136 Å². The fraction of sp³-hybridized carbons (Fsp3) is 0.0455. The Balaban J connectivity index is 1.94. The maximum absolute atomic E-state index is 4.93. The van der Waals surface area contributed by atoms with Crippen LogP contribution in [0.15, 0.2) is 84.9 Å². The first-order valence-corrected chi connectivity index (χ1v) is 7.84. The standard InChI is InChI=1S/C22H17N/c1-16-8-7-11-18-14-15-21(23-22(16)18)20-13-6-5-12-19(20)17-9-3-2-4-10-17/h2-15H,1H3. The second-order valence-corrected chi connectivity index (χ2v) is 5.75. The minimum absolute atomic E-state index is 1.02. The molecule has 4 aromatic rings. The second kappa shape index (κ2) is 5.69. The van der Waals surface area contributed by atoms with Crippen LogP contribution >= 0.6 is 0 Å². The second-order valence-electron chi connectivity index (χ2n) is 5.75. The molecule has 1 heterocycles. The predicted molar refractivity (Wildman–Crippen MR) is 97.4 cm³/mol. The van der Waals surface area contributed by atoms with Crippen molar-refractivity contribution in [3.05, 3.63) is 90.5 Å². The summed E-state index contributed by atoms with van der Waals surface area (Å²) >= 11 is 0. The van der Waals surface area contributed by atoms with Gasteiger partial charge in [-0.1, -0.05) is 78.9 Å². The summed E-state index contributed by atoms with van der Waals surface area (Å²) in [5.74, 6) is 0. The Morgan fingerprint density at radius 2 is 1.35 bits per heavy atom. The van der Waals surface area contributed by atoms with Crippen LogP contribution in [0, 0.1) is 6.92 Å². The van der Waals surface area contributed by atoms with Gasteiger partial charge >= 0.3 is 0 Å². The predicted octanol–water partition coefficient (Wildman–Crippen LogP) is 5.88. The van der Waals surface area contributed by atoms with Gasteiger partial charge < -0.3 is 0 Å². The van der Waals surface area contributed by atoms with Crippen molar-refractivity contribution in [1.29, 1.82) is 0 Å². The highest BCUT2D eigenvalue weighted by atomic mass is 14.7. The van der Waals surface area contributed by atoms with Crippen molar-refractivity contribution >= 4 is 10.9 Å². The van der Waals surface area contributed by atoms with Crippen LogP contribution in [-0.4, -0.2) is 4.98 Å². The smallest absolute Gasteiger partial charge is 0.0738 e. The molecule has 3 aromatic carbocycles. The molecule has 0 radical (unpaired) electrons. The summed E-state index contributed by atoms with van der Waals surface area (Å²) < 4.78 is 0. The van der Waals surface area contributed by atoms with Crippen LogP contribution in [-0.2, 0) is 0 Å². The summed E-state index contributed by atoms with van der Waals surface area (Å²) in [6.45, 7) is 2.11. The molecule has 1 aromatic heterocycles. The summed E-state index contributed by atoms with van der Waals surface area (Å²) in [4.78, 5) is 4.93. The molecule has 110 valence electrons. The van der Waals surface area contributed by atoms with Gasteiger partial charge in [0.2, 0.25) is 0 Å². The van der Waals surface area contributed by atoms with Crippen molar-refractivity contribution in [1.82, 2.24) is 4.98 Å². The lowest BCUT2D eigenvalue weighted by atomic mass is 9.97. The molecule has 0 spiro atoms. The Morgan fingerprint density at radius 1 is 0.609 bits per heavy atom. The van der Waals surface area contributed by atoms with Crippen molar-refractivity contribution in [2.75, 3.05) is 0 Å². The van der Waals surface area contributed by atoms with Gasteiger partial charge in [0.15, 0.2) is 0 Å². The van der Waals surface area contributed by atoms with Gasteiger partial charge in [-0.3, -0.25) is 0 Å². The molecule has 1 heteroatoms. The maximum atomic E-state index is 4.93. The molecule has 0 aliphatic carbocycles. The third-order valence-corrected chi connectivity index (χ3v) is 4.21. The lowest BCUT2D eigenvalue weighted by Crippen LogP contribution is -1.90. The number of para-hydroxylation sites is 1. The summed E-state index contributed by atoms with van der Waals surface area (Å²) in [6, 6.07) is 29.5. The SMILES string of the molecule is Cc1cccc2ccc(-c3ccccc3-c3ccccc3)nc12. The van der Waals surface area contributed by atoms with Gasteiger partial charge in [-0.25, -0.2) is 4.98 Å². The minimum Gasteiger partial charge on any atom is -0.247 e. The van der Waals surface area contributed by atoms with Gasteiger partial charge in [0, 0.05) is 10.9 Å². The van der Waals surface area contributed by atoms with E-state index < -0.39 is 0 Å². The topological polar surface area (TPSA) is 12.9 Å². The van der Waals surface area contributed by atoms with E-state index in [2.05, 4.69) is 85.8 Å². The van der Waals surface area contributed by atoms with Crippen LogP contribution in [0.3, 0.4) is 0 Å². The molecule has 0 atom stereocenters. The maximum Gasteiger partial charge on any atom is 0.0738 e. The van der Waals surface area contributed by atoms with Crippen molar-refractivity contribution in [3.8, 4) is 22.4 Å². The first kappa shape index (κ1) is 13.7. The highest BCUT2D eigenvalue weighted by molar-refractivity contribution is 5.87. The third kappa shape index (κ3) is 2.51. The van der Waals surface area contributed by atoms with Crippen LogP contribution < -0.4 is 0 Å². The van der Waals surface area contributed by atoms with E-state index in [4.69, 9.17) is 4.98 Å². The highest BCUT2D eigenvalue weighted by Crippen LogP contribution is 2.32. The molecule has 0 aliphatic heterocycles. The Hall–Kier alpha value is -2.93. The molecular weight excluding hydrogens is 278 g/mol. The average Bonchev–Trinajstić information content (AvgIpc) is 2.63. The number of aryl methyl sites for hydroxylation is 1. The molecule has 0 amide bonds. The molecule has 0 aliphatic rings. The van der Waals surface area contributed by atoms with Crippen molar-refractivity contribution < 1.29 is 0 Å². The largest absolute Gasteiger partial charge is 0.247 e. The molecule has 0 N–H and O–H groups in total. The molecule has 4 rings (SSSR count). The van der Waals surface area contributed by atoms with Crippen molar-refractivity contribution in [2.24, 2.45) is 0 Å². The fourth-order valence-electron chi connectivity index (χ4n) is 3.02. The molecule has 0 fully saturated rings. The average molecular weight is 295 g/mol. The molecular formula is C22H17N. The number of hydrogen-bond donors (Lipinski definition) is 0. The zero-order chi connectivity index (χ0) is 15.6. The lowest BCUT2D eigenvalue weighted by Gasteiger charge is -2.11. The zero-order valence-corrected chi connectivity index (χ0v) is 13.0. The van der Waals surface area contributed by atoms with E-state index in [9.17, 15) is 0 Å². The zero-order valence-electron chi connectivity index (χ0n) is 13.0. The molecule has 23 heavy (non-hydrogen) atoms. The number of fused-ring (bicyclic) bond motifs is 1. The third-order valence-electron chi connectivity index (χ3n) is 4.21. The number of nitrogens with zero attached hydrogens (tertiary/aromatic N) is 1. The van der Waals surface area contributed by atoms with E-state index in [0.29, 0.717) is 0 Å². The van der Waals surface area contributed by atoms with Crippen LogP contribution in [0.4, 0.5) is 0 Å². The molecule has 0 saturated heterocycles. The van der Waals surface area contributed by atoms with Crippen molar-refractivity contribution in [2.45, 2.75) is 6.92 Å².